The molecule has 0 radical (unpaired) electrons. The fraction of sp³-hybridized carbons (Fsp3) is 0.308. The van der Waals surface area contributed by atoms with Crippen LogP contribution in [0.5, 0.6) is 5.95 Å². The topological polar surface area (TPSA) is 85.5 Å². The van der Waals surface area contributed by atoms with Crippen molar-refractivity contribution < 1.29 is 19.1 Å². The van der Waals surface area contributed by atoms with Gasteiger partial charge in [-0.25, -0.2) is 4.98 Å². The van der Waals surface area contributed by atoms with Crippen LogP contribution < -0.4 is 4.74 Å². The summed E-state index contributed by atoms with van der Waals surface area (Å²) < 4.78 is 10.9. The summed E-state index contributed by atoms with van der Waals surface area (Å²) >= 11 is 0. The standard InChI is InChI=1S/C13H14N2O4/c1-2-18-13-10(3-4-11(16)17)15-12(19-13)9-5-7-14-8-6-9/h5-8H,2-4H2,1H3,(H,16,17). The number of oxazole rings is 1. The summed E-state index contributed by atoms with van der Waals surface area (Å²) in [5.41, 5.74) is 1.30. The van der Waals surface area contributed by atoms with E-state index in [1.807, 2.05) is 6.92 Å². The Morgan fingerprint density at radius 2 is 2.16 bits per heavy atom. The molecule has 0 aliphatic carbocycles. The second-order valence-corrected chi connectivity index (χ2v) is 3.82. The smallest absolute Gasteiger partial charge is 0.308 e. The van der Waals surface area contributed by atoms with E-state index in [9.17, 15) is 4.79 Å². The molecule has 0 aromatic carbocycles. The minimum absolute atomic E-state index is 0.0115. The van der Waals surface area contributed by atoms with Crippen molar-refractivity contribution in [2.75, 3.05) is 6.61 Å². The Morgan fingerprint density at radius 3 is 2.79 bits per heavy atom. The van der Waals surface area contributed by atoms with Crippen molar-refractivity contribution in [3.63, 3.8) is 0 Å². The summed E-state index contributed by atoms with van der Waals surface area (Å²) in [4.78, 5) is 18.8. The van der Waals surface area contributed by atoms with Crippen molar-refractivity contribution >= 4 is 5.97 Å². The molecule has 0 unspecified atom stereocenters. The molecule has 0 aliphatic rings. The Hall–Kier alpha value is -2.37. The maximum atomic E-state index is 10.6. The quantitative estimate of drug-likeness (QED) is 0.858. The minimum atomic E-state index is -0.879. The van der Waals surface area contributed by atoms with E-state index in [1.165, 1.54) is 0 Å². The molecule has 6 nitrogen and oxygen atoms in total. The van der Waals surface area contributed by atoms with Crippen molar-refractivity contribution in [2.24, 2.45) is 0 Å². The number of aryl methyl sites for hydroxylation is 1. The third-order valence-corrected chi connectivity index (χ3v) is 2.44. The molecule has 2 heterocycles. The van der Waals surface area contributed by atoms with Gasteiger partial charge >= 0.3 is 11.9 Å². The van der Waals surface area contributed by atoms with Gasteiger partial charge in [0.05, 0.1) is 13.0 Å². The van der Waals surface area contributed by atoms with Crippen molar-refractivity contribution in [1.82, 2.24) is 9.97 Å². The lowest BCUT2D eigenvalue weighted by molar-refractivity contribution is -0.136. The molecule has 19 heavy (non-hydrogen) atoms. The first-order chi connectivity index (χ1) is 9.20. The van der Waals surface area contributed by atoms with Crippen LogP contribution in [0.2, 0.25) is 0 Å². The van der Waals surface area contributed by atoms with Gasteiger partial charge in [0.1, 0.15) is 5.69 Å². The van der Waals surface area contributed by atoms with E-state index in [1.54, 1.807) is 24.5 Å². The van der Waals surface area contributed by atoms with Crippen LogP contribution >= 0.6 is 0 Å². The van der Waals surface area contributed by atoms with Gasteiger partial charge in [-0.3, -0.25) is 9.78 Å². The van der Waals surface area contributed by atoms with Gasteiger partial charge in [0.25, 0.3) is 0 Å². The summed E-state index contributed by atoms with van der Waals surface area (Å²) in [6.45, 7) is 2.26. The van der Waals surface area contributed by atoms with Gasteiger partial charge in [-0.2, -0.15) is 0 Å². The number of pyridine rings is 1. The molecule has 1 N–H and O–H groups in total. The van der Waals surface area contributed by atoms with Crippen molar-refractivity contribution in [3.8, 4) is 17.4 Å². The number of rotatable bonds is 6. The average Bonchev–Trinajstić information content (AvgIpc) is 2.81. The number of hydrogen-bond acceptors (Lipinski definition) is 5. The lowest BCUT2D eigenvalue weighted by atomic mass is 10.2. The fourth-order valence-corrected chi connectivity index (χ4v) is 1.58. The van der Waals surface area contributed by atoms with Gasteiger partial charge in [0, 0.05) is 24.4 Å². The lowest BCUT2D eigenvalue weighted by Crippen LogP contribution is -2.00. The Kier molecular flexibility index (Phi) is 4.12. The van der Waals surface area contributed by atoms with Gasteiger partial charge in [-0.15, -0.1) is 0 Å². The summed E-state index contributed by atoms with van der Waals surface area (Å²) in [6.07, 6.45) is 3.54. The zero-order valence-corrected chi connectivity index (χ0v) is 10.5. The van der Waals surface area contributed by atoms with Gasteiger partial charge in [-0.1, -0.05) is 0 Å². The Balaban J connectivity index is 2.26. The SMILES string of the molecule is CCOc1oc(-c2ccncc2)nc1CCC(=O)O. The van der Waals surface area contributed by atoms with Gasteiger partial charge < -0.3 is 14.3 Å². The normalized spacial score (nSPS) is 10.4. The van der Waals surface area contributed by atoms with Crippen molar-refractivity contribution in [2.45, 2.75) is 19.8 Å². The maximum Gasteiger partial charge on any atom is 0.308 e. The lowest BCUT2D eigenvalue weighted by Gasteiger charge is -1.99. The number of carboxylic acid groups (broad SMARTS) is 1. The second kappa shape index (κ2) is 5.99. The molecule has 0 atom stereocenters. The van der Waals surface area contributed by atoms with E-state index < -0.39 is 5.97 Å². The van der Waals surface area contributed by atoms with Crippen molar-refractivity contribution in [1.29, 1.82) is 0 Å². The number of aromatic nitrogens is 2. The number of carbonyl (C=O) groups is 1. The molecule has 6 heteroatoms. The van der Waals surface area contributed by atoms with Crippen molar-refractivity contribution in [3.05, 3.63) is 30.2 Å². The summed E-state index contributed by atoms with van der Waals surface area (Å²) in [6, 6.07) is 3.53. The maximum absolute atomic E-state index is 10.6. The van der Waals surface area contributed by atoms with E-state index in [-0.39, 0.29) is 18.8 Å². The first-order valence-electron chi connectivity index (χ1n) is 5.95. The van der Waals surface area contributed by atoms with Gasteiger partial charge in [0.15, 0.2) is 0 Å². The molecule has 0 amide bonds. The summed E-state index contributed by atoms with van der Waals surface area (Å²) in [5, 5.41) is 8.71. The van der Waals surface area contributed by atoms with Gasteiger partial charge in [-0.05, 0) is 19.1 Å². The third-order valence-electron chi connectivity index (χ3n) is 2.44. The first-order valence-corrected chi connectivity index (χ1v) is 5.95. The number of nitrogens with zero attached hydrogens (tertiary/aromatic N) is 2. The van der Waals surface area contributed by atoms with Gasteiger partial charge in [0.2, 0.25) is 5.89 Å². The molecule has 0 spiro atoms. The number of ether oxygens (including phenoxy) is 1. The molecule has 2 rings (SSSR count). The predicted octanol–water partition coefficient (Wildman–Crippen LogP) is 2.15. The highest BCUT2D eigenvalue weighted by Gasteiger charge is 2.16. The molecule has 0 aliphatic heterocycles. The molecule has 2 aromatic rings. The molecule has 0 saturated heterocycles. The van der Waals surface area contributed by atoms with Crippen LogP contribution in [-0.4, -0.2) is 27.7 Å². The highest BCUT2D eigenvalue weighted by atomic mass is 16.6. The molecule has 100 valence electrons. The number of hydrogen-bond donors (Lipinski definition) is 1. The number of aliphatic carboxylic acids is 1. The van der Waals surface area contributed by atoms with Crippen LogP contribution in [0.15, 0.2) is 28.9 Å². The van der Waals surface area contributed by atoms with E-state index in [2.05, 4.69) is 9.97 Å². The Morgan fingerprint density at radius 1 is 1.42 bits per heavy atom. The highest BCUT2D eigenvalue weighted by molar-refractivity contribution is 5.67. The van der Waals surface area contributed by atoms with E-state index in [0.29, 0.717) is 18.2 Å². The first kappa shape index (κ1) is 13.1. The molecule has 0 bridgehead atoms. The zero-order valence-electron chi connectivity index (χ0n) is 10.5. The van der Waals surface area contributed by atoms with Crippen LogP contribution in [0.25, 0.3) is 11.5 Å². The van der Waals surface area contributed by atoms with E-state index >= 15 is 0 Å². The largest absolute Gasteiger partial charge is 0.481 e. The molecular formula is C13H14N2O4. The zero-order chi connectivity index (χ0) is 13.7. The van der Waals surface area contributed by atoms with Crippen LogP contribution in [0.1, 0.15) is 19.0 Å². The Bertz CT molecular complexity index is 551. The minimum Gasteiger partial charge on any atom is -0.481 e. The highest BCUT2D eigenvalue weighted by Crippen LogP contribution is 2.27. The second-order valence-electron chi connectivity index (χ2n) is 3.82. The molecule has 2 aromatic heterocycles. The third kappa shape index (κ3) is 3.31. The summed E-state index contributed by atoms with van der Waals surface area (Å²) in [5.74, 6) is -0.183. The molecule has 0 saturated carbocycles. The molecular weight excluding hydrogens is 248 g/mol. The predicted molar refractivity (Wildman–Crippen MR) is 66.9 cm³/mol. The average molecular weight is 262 g/mol. The molecule has 0 fully saturated rings. The monoisotopic (exact) mass is 262 g/mol. The van der Waals surface area contributed by atoms with Crippen LogP contribution in [-0.2, 0) is 11.2 Å². The Labute approximate surface area is 110 Å². The van der Waals surface area contributed by atoms with Crippen LogP contribution in [0.4, 0.5) is 0 Å². The van der Waals surface area contributed by atoms with Crippen LogP contribution in [0.3, 0.4) is 0 Å². The van der Waals surface area contributed by atoms with E-state index in [0.717, 1.165) is 5.56 Å². The van der Waals surface area contributed by atoms with Crippen LogP contribution in [0, 0.1) is 0 Å². The number of carboxylic acids is 1. The van der Waals surface area contributed by atoms with E-state index in [4.69, 9.17) is 14.3 Å². The summed E-state index contributed by atoms with van der Waals surface area (Å²) in [7, 11) is 0. The fourth-order valence-electron chi connectivity index (χ4n) is 1.58.